The maximum atomic E-state index is 12.0. The predicted molar refractivity (Wildman–Crippen MR) is 64.2 cm³/mol. The highest BCUT2D eigenvalue weighted by Gasteiger charge is 2.31. The van der Waals surface area contributed by atoms with E-state index in [4.69, 9.17) is 5.11 Å². The molecule has 6 heteroatoms. The smallest absolute Gasteiger partial charge is 0.306 e. The van der Waals surface area contributed by atoms with Gasteiger partial charge in [0.2, 0.25) is 0 Å². The fourth-order valence-corrected chi connectivity index (χ4v) is 2.42. The van der Waals surface area contributed by atoms with Crippen LogP contribution in [0, 0.1) is 12.8 Å². The molecule has 1 aliphatic carbocycles. The van der Waals surface area contributed by atoms with Crippen molar-refractivity contribution >= 4 is 11.9 Å². The first-order valence-electron chi connectivity index (χ1n) is 6.01. The van der Waals surface area contributed by atoms with Crippen LogP contribution in [0.3, 0.4) is 0 Å². The van der Waals surface area contributed by atoms with Gasteiger partial charge in [0.25, 0.3) is 5.91 Å². The van der Waals surface area contributed by atoms with Crippen molar-refractivity contribution in [2.24, 2.45) is 13.0 Å². The molecule has 0 aliphatic heterocycles. The third-order valence-electron chi connectivity index (χ3n) is 3.35. The highest BCUT2D eigenvalue weighted by molar-refractivity contribution is 5.92. The van der Waals surface area contributed by atoms with Crippen LogP contribution in [-0.2, 0) is 11.8 Å². The van der Waals surface area contributed by atoms with Crippen LogP contribution >= 0.6 is 0 Å². The summed E-state index contributed by atoms with van der Waals surface area (Å²) >= 11 is 0. The lowest BCUT2D eigenvalue weighted by atomic mass is 10.1. The summed E-state index contributed by atoms with van der Waals surface area (Å²) in [6.07, 6.45) is 1.86. The van der Waals surface area contributed by atoms with Crippen molar-refractivity contribution in [1.82, 2.24) is 15.1 Å². The molecule has 0 radical (unpaired) electrons. The van der Waals surface area contributed by atoms with E-state index >= 15 is 0 Å². The molecule has 0 spiro atoms. The first-order valence-corrected chi connectivity index (χ1v) is 6.01. The van der Waals surface area contributed by atoms with E-state index in [0.29, 0.717) is 18.5 Å². The molecule has 1 amide bonds. The summed E-state index contributed by atoms with van der Waals surface area (Å²) in [7, 11) is 1.72. The Kier molecular flexibility index (Phi) is 3.36. The third kappa shape index (κ3) is 2.52. The van der Waals surface area contributed by atoms with E-state index in [2.05, 4.69) is 10.4 Å². The molecule has 0 saturated heterocycles. The average molecular weight is 251 g/mol. The number of carboxylic acid groups (broad SMARTS) is 1. The number of nitrogens with zero attached hydrogens (tertiary/aromatic N) is 2. The number of aromatic nitrogens is 2. The second-order valence-electron chi connectivity index (χ2n) is 4.81. The lowest BCUT2D eigenvalue weighted by Gasteiger charge is -2.12. The monoisotopic (exact) mass is 251 g/mol. The zero-order valence-corrected chi connectivity index (χ0v) is 10.5. The fraction of sp³-hybridized carbons (Fsp3) is 0.583. The van der Waals surface area contributed by atoms with Gasteiger partial charge in [-0.3, -0.25) is 14.3 Å². The number of aliphatic carboxylic acids is 1. The second kappa shape index (κ2) is 4.80. The minimum atomic E-state index is -0.775. The van der Waals surface area contributed by atoms with E-state index in [1.54, 1.807) is 13.1 Å². The number of hydrogen-bond acceptors (Lipinski definition) is 3. The Morgan fingerprint density at radius 2 is 2.22 bits per heavy atom. The summed E-state index contributed by atoms with van der Waals surface area (Å²) in [5.41, 5.74) is 1.30. The summed E-state index contributed by atoms with van der Waals surface area (Å²) in [5.74, 6) is -1.29. The summed E-state index contributed by atoms with van der Waals surface area (Å²) in [4.78, 5) is 22.8. The topological polar surface area (TPSA) is 84.2 Å². The first kappa shape index (κ1) is 12.6. The van der Waals surface area contributed by atoms with Crippen LogP contribution in [0.2, 0.25) is 0 Å². The van der Waals surface area contributed by atoms with E-state index in [-0.39, 0.29) is 17.9 Å². The number of carbonyl (C=O) groups is 2. The zero-order valence-electron chi connectivity index (χ0n) is 10.5. The van der Waals surface area contributed by atoms with Crippen molar-refractivity contribution in [3.8, 4) is 0 Å². The van der Waals surface area contributed by atoms with Gasteiger partial charge >= 0.3 is 5.97 Å². The number of rotatable bonds is 3. The summed E-state index contributed by atoms with van der Waals surface area (Å²) < 4.78 is 1.54. The van der Waals surface area contributed by atoms with Gasteiger partial charge < -0.3 is 10.4 Å². The Hall–Kier alpha value is -1.85. The Bertz CT molecular complexity index is 481. The van der Waals surface area contributed by atoms with Crippen molar-refractivity contribution in [1.29, 1.82) is 0 Å². The molecular weight excluding hydrogens is 234 g/mol. The largest absolute Gasteiger partial charge is 0.481 e. The van der Waals surface area contributed by atoms with Gasteiger partial charge in [0, 0.05) is 13.1 Å². The minimum Gasteiger partial charge on any atom is -0.481 e. The number of aryl methyl sites for hydroxylation is 2. The molecular formula is C12H17N3O3. The van der Waals surface area contributed by atoms with Gasteiger partial charge in [0.05, 0.1) is 11.6 Å². The fourth-order valence-electron chi connectivity index (χ4n) is 2.42. The zero-order chi connectivity index (χ0) is 13.3. The molecule has 2 unspecified atom stereocenters. The van der Waals surface area contributed by atoms with Gasteiger partial charge in [-0.2, -0.15) is 5.10 Å². The molecule has 0 bridgehead atoms. The Labute approximate surface area is 105 Å². The highest BCUT2D eigenvalue weighted by atomic mass is 16.4. The number of carboxylic acids is 1. The van der Waals surface area contributed by atoms with E-state index in [1.807, 2.05) is 6.92 Å². The van der Waals surface area contributed by atoms with Crippen LogP contribution in [-0.4, -0.2) is 32.8 Å². The van der Waals surface area contributed by atoms with Crippen molar-refractivity contribution in [3.05, 3.63) is 17.5 Å². The normalized spacial score (nSPS) is 23.0. The van der Waals surface area contributed by atoms with E-state index < -0.39 is 5.97 Å². The van der Waals surface area contributed by atoms with Gasteiger partial charge in [0.1, 0.15) is 5.69 Å². The number of amides is 1. The first-order chi connectivity index (χ1) is 8.47. The van der Waals surface area contributed by atoms with E-state index in [0.717, 1.165) is 12.1 Å². The lowest BCUT2D eigenvalue weighted by Crippen LogP contribution is -2.34. The maximum Gasteiger partial charge on any atom is 0.306 e. The van der Waals surface area contributed by atoms with Crippen LogP contribution in [0.1, 0.15) is 35.4 Å². The van der Waals surface area contributed by atoms with Gasteiger partial charge in [0.15, 0.2) is 0 Å². The van der Waals surface area contributed by atoms with Crippen LogP contribution in [0.15, 0.2) is 6.07 Å². The van der Waals surface area contributed by atoms with E-state index in [9.17, 15) is 9.59 Å². The van der Waals surface area contributed by atoms with Gasteiger partial charge in [-0.05, 0) is 32.3 Å². The maximum absolute atomic E-state index is 12.0. The summed E-state index contributed by atoms with van der Waals surface area (Å²) in [5, 5.41) is 15.9. The number of hydrogen-bond donors (Lipinski definition) is 2. The lowest BCUT2D eigenvalue weighted by molar-refractivity contribution is -0.141. The third-order valence-corrected chi connectivity index (χ3v) is 3.35. The molecule has 2 atom stereocenters. The minimum absolute atomic E-state index is 0.0474. The molecule has 98 valence electrons. The quantitative estimate of drug-likeness (QED) is 0.828. The summed E-state index contributed by atoms with van der Waals surface area (Å²) in [6, 6.07) is 1.67. The second-order valence-corrected chi connectivity index (χ2v) is 4.81. The van der Waals surface area contributed by atoms with Gasteiger partial charge in [-0.1, -0.05) is 0 Å². The van der Waals surface area contributed by atoms with Crippen LogP contribution < -0.4 is 5.32 Å². The Morgan fingerprint density at radius 1 is 1.50 bits per heavy atom. The average Bonchev–Trinajstić information content (AvgIpc) is 2.85. The van der Waals surface area contributed by atoms with Gasteiger partial charge in [-0.15, -0.1) is 0 Å². The van der Waals surface area contributed by atoms with Gasteiger partial charge in [-0.25, -0.2) is 0 Å². The predicted octanol–water partition coefficient (Wildman–Crippen LogP) is 0.712. The number of carbonyl (C=O) groups excluding carboxylic acids is 1. The molecule has 2 N–H and O–H groups in total. The van der Waals surface area contributed by atoms with Crippen molar-refractivity contribution in [2.45, 2.75) is 32.2 Å². The van der Waals surface area contributed by atoms with Crippen LogP contribution in [0.25, 0.3) is 0 Å². The molecule has 1 fully saturated rings. The Morgan fingerprint density at radius 3 is 2.72 bits per heavy atom. The van der Waals surface area contributed by atoms with Crippen LogP contribution in [0.5, 0.6) is 0 Å². The van der Waals surface area contributed by atoms with Crippen molar-refractivity contribution in [2.75, 3.05) is 0 Å². The molecule has 0 aromatic carbocycles. The molecule has 1 aliphatic rings. The number of nitrogens with one attached hydrogen (secondary N) is 1. The molecule has 6 nitrogen and oxygen atoms in total. The van der Waals surface area contributed by atoms with Crippen LogP contribution in [0.4, 0.5) is 0 Å². The summed E-state index contributed by atoms with van der Waals surface area (Å²) in [6.45, 7) is 1.83. The standard InChI is InChI=1S/C12H17N3O3/c1-7-5-10(15(2)14-7)11(16)13-9-4-3-8(6-9)12(17)18/h5,8-9H,3-4,6H2,1-2H3,(H,13,16)(H,17,18). The van der Waals surface area contributed by atoms with Crippen molar-refractivity contribution < 1.29 is 14.7 Å². The molecule has 1 saturated carbocycles. The molecule has 1 aromatic rings. The SMILES string of the molecule is Cc1cc(C(=O)NC2CCC(C(=O)O)C2)n(C)n1. The van der Waals surface area contributed by atoms with Crippen molar-refractivity contribution in [3.63, 3.8) is 0 Å². The molecule has 18 heavy (non-hydrogen) atoms. The Balaban J connectivity index is 1.97. The molecule has 2 rings (SSSR count). The molecule has 1 aromatic heterocycles. The highest BCUT2D eigenvalue weighted by Crippen LogP contribution is 2.25. The van der Waals surface area contributed by atoms with E-state index in [1.165, 1.54) is 4.68 Å². The molecule has 1 heterocycles.